The van der Waals surface area contributed by atoms with Crippen molar-refractivity contribution in [2.75, 3.05) is 26.7 Å². The van der Waals surface area contributed by atoms with E-state index in [9.17, 15) is 4.79 Å². The van der Waals surface area contributed by atoms with Gasteiger partial charge in [-0.2, -0.15) is 0 Å². The Morgan fingerprint density at radius 3 is 2.56 bits per heavy atom. The summed E-state index contributed by atoms with van der Waals surface area (Å²) in [6.45, 7) is 11.6. The predicted octanol–water partition coefficient (Wildman–Crippen LogP) is 1.50. The van der Waals surface area contributed by atoms with Crippen LogP contribution in [0.2, 0.25) is 0 Å². The number of likely N-dealkylation sites (tertiary alicyclic amines) is 1. The zero-order valence-corrected chi connectivity index (χ0v) is 12.4. The van der Waals surface area contributed by atoms with E-state index in [1.54, 1.807) is 0 Å². The highest BCUT2D eigenvalue weighted by Crippen LogP contribution is 2.22. The van der Waals surface area contributed by atoms with Gasteiger partial charge in [-0.15, -0.1) is 0 Å². The van der Waals surface area contributed by atoms with Gasteiger partial charge in [0.05, 0.1) is 7.11 Å². The SMILES string of the molecule is COC(=O)C(CN1CCC(C)C(C)C1)NC(C)C. The molecule has 1 N–H and O–H groups in total. The van der Waals surface area contributed by atoms with Crippen LogP contribution >= 0.6 is 0 Å². The van der Waals surface area contributed by atoms with Gasteiger partial charge in [0.15, 0.2) is 0 Å². The molecule has 0 spiro atoms. The molecule has 4 nitrogen and oxygen atoms in total. The van der Waals surface area contributed by atoms with Crippen molar-refractivity contribution in [3.8, 4) is 0 Å². The number of ether oxygens (including phenoxy) is 1. The first-order chi connectivity index (χ1) is 8.43. The normalized spacial score (nSPS) is 27.2. The summed E-state index contributed by atoms with van der Waals surface area (Å²) in [5, 5.41) is 3.29. The molecule has 0 aliphatic carbocycles. The number of rotatable bonds is 5. The van der Waals surface area contributed by atoms with E-state index in [-0.39, 0.29) is 18.1 Å². The minimum atomic E-state index is -0.212. The topological polar surface area (TPSA) is 41.6 Å². The molecule has 0 aromatic rings. The van der Waals surface area contributed by atoms with E-state index in [4.69, 9.17) is 4.74 Å². The largest absolute Gasteiger partial charge is 0.468 e. The maximum atomic E-state index is 11.8. The molecule has 1 fully saturated rings. The molecule has 0 bridgehead atoms. The number of nitrogens with one attached hydrogen (secondary N) is 1. The second-order valence-corrected chi connectivity index (χ2v) is 5.90. The number of carbonyl (C=O) groups excluding carboxylic acids is 1. The fourth-order valence-electron chi connectivity index (χ4n) is 2.51. The van der Waals surface area contributed by atoms with Gasteiger partial charge in [0.1, 0.15) is 6.04 Å². The van der Waals surface area contributed by atoms with E-state index >= 15 is 0 Å². The lowest BCUT2D eigenvalue weighted by Gasteiger charge is -2.37. The lowest BCUT2D eigenvalue weighted by Crippen LogP contribution is -2.51. The molecule has 3 unspecified atom stereocenters. The Labute approximate surface area is 111 Å². The van der Waals surface area contributed by atoms with Gasteiger partial charge in [0, 0.05) is 19.1 Å². The molecule has 1 aliphatic heterocycles. The first kappa shape index (κ1) is 15.4. The smallest absolute Gasteiger partial charge is 0.324 e. The van der Waals surface area contributed by atoms with Crippen LogP contribution in [0.1, 0.15) is 34.1 Å². The summed E-state index contributed by atoms with van der Waals surface area (Å²) in [6, 6.07) is 0.0749. The molecule has 0 amide bonds. The predicted molar refractivity (Wildman–Crippen MR) is 73.5 cm³/mol. The number of nitrogens with zero attached hydrogens (tertiary/aromatic N) is 1. The number of methoxy groups -OCH3 is 1. The Hall–Kier alpha value is -0.610. The van der Waals surface area contributed by atoms with Crippen molar-refractivity contribution in [3.63, 3.8) is 0 Å². The average molecular weight is 256 g/mol. The second kappa shape index (κ2) is 7.10. The average Bonchev–Trinajstić information content (AvgIpc) is 2.31. The van der Waals surface area contributed by atoms with Crippen molar-refractivity contribution >= 4 is 5.97 Å². The zero-order chi connectivity index (χ0) is 13.7. The molecule has 1 saturated heterocycles. The van der Waals surface area contributed by atoms with Crippen LogP contribution in [-0.4, -0.2) is 49.7 Å². The number of piperidine rings is 1. The van der Waals surface area contributed by atoms with Crippen molar-refractivity contribution in [3.05, 3.63) is 0 Å². The van der Waals surface area contributed by atoms with Gasteiger partial charge in [-0.05, 0) is 24.8 Å². The molecule has 18 heavy (non-hydrogen) atoms. The highest BCUT2D eigenvalue weighted by Gasteiger charge is 2.27. The van der Waals surface area contributed by atoms with E-state index in [0.29, 0.717) is 5.92 Å². The summed E-state index contributed by atoms with van der Waals surface area (Å²) < 4.78 is 4.87. The molecule has 1 aliphatic rings. The number of hydrogen-bond donors (Lipinski definition) is 1. The highest BCUT2D eigenvalue weighted by atomic mass is 16.5. The van der Waals surface area contributed by atoms with Crippen LogP contribution in [-0.2, 0) is 9.53 Å². The third-order valence-corrected chi connectivity index (χ3v) is 3.88. The molecule has 1 rings (SSSR count). The second-order valence-electron chi connectivity index (χ2n) is 5.90. The minimum absolute atomic E-state index is 0.157. The summed E-state index contributed by atoms with van der Waals surface area (Å²) >= 11 is 0. The van der Waals surface area contributed by atoms with Crippen molar-refractivity contribution in [1.29, 1.82) is 0 Å². The summed E-state index contributed by atoms with van der Waals surface area (Å²) in [4.78, 5) is 14.1. The van der Waals surface area contributed by atoms with E-state index in [0.717, 1.165) is 25.6 Å². The van der Waals surface area contributed by atoms with Crippen molar-refractivity contribution < 1.29 is 9.53 Å². The molecule has 1 heterocycles. The molecule has 4 heteroatoms. The molecule has 3 atom stereocenters. The van der Waals surface area contributed by atoms with E-state index in [1.807, 2.05) is 0 Å². The van der Waals surface area contributed by atoms with Crippen LogP contribution < -0.4 is 5.32 Å². The fourth-order valence-corrected chi connectivity index (χ4v) is 2.51. The van der Waals surface area contributed by atoms with Crippen molar-refractivity contribution in [1.82, 2.24) is 10.2 Å². The fraction of sp³-hybridized carbons (Fsp3) is 0.929. The standard InChI is InChI=1S/C14H28N2O2/c1-10(2)15-13(14(17)18-5)9-16-7-6-11(3)12(4)8-16/h10-13,15H,6-9H2,1-5H3. The molecular weight excluding hydrogens is 228 g/mol. The summed E-state index contributed by atoms with van der Waals surface area (Å²) in [5.74, 6) is 1.34. The van der Waals surface area contributed by atoms with Crippen LogP contribution in [0, 0.1) is 11.8 Å². The Morgan fingerprint density at radius 2 is 2.06 bits per heavy atom. The molecule has 0 aromatic carbocycles. The lowest BCUT2D eigenvalue weighted by atomic mass is 9.88. The monoisotopic (exact) mass is 256 g/mol. The number of hydrogen-bond acceptors (Lipinski definition) is 4. The molecule has 106 valence electrons. The Kier molecular flexibility index (Phi) is 6.09. The van der Waals surface area contributed by atoms with E-state index < -0.39 is 0 Å². The van der Waals surface area contributed by atoms with Gasteiger partial charge in [0.2, 0.25) is 0 Å². The third-order valence-electron chi connectivity index (χ3n) is 3.88. The zero-order valence-electron chi connectivity index (χ0n) is 12.4. The third kappa shape index (κ3) is 4.58. The summed E-state index contributed by atoms with van der Waals surface area (Å²) in [7, 11) is 1.46. The molecular formula is C14H28N2O2. The van der Waals surface area contributed by atoms with Gasteiger partial charge in [-0.25, -0.2) is 0 Å². The van der Waals surface area contributed by atoms with Crippen molar-refractivity contribution in [2.24, 2.45) is 11.8 Å². The lowest BCUT2D eigenvalue weighted by molar-refractivity contribution is -0.144. The van der Waals surface area contributed by atoms with Crippen molar-refractivity contribution in [2.45, 2.75) is 46.2 Å². The number of esters is 1. The van der Waals surface area contributed by atoms with E-state index in [1.165, 1.54) is 13.5 Å². The van der Waals surface area contributed by atoms with Crippen LogP contribution in [0.4, 0.5) is 0 Å². The first-order valence-corrected chi connectivity index (χ1v) is 7.00. The Bertz CT molecular complexity index is 269. The summed E-state index contributed by atoms with van der Waals surface area (Å²) in [5.41, 5.74) is 0. The van der Waals surface area contributed by atoms with Gasteiger partial charge >= 0.3 is 5.97 Å². The Balaban J connectivity index is 2.52. The van der Waals surface area contributed by atoms with Gasteiger partial charge < -0.3 is 15.0 Å². The van der Waals surface area contributed by atoms with Gasteiger partial charge in [-0.1, -0.05) is 27.7 Å². The minimum Gasteiger partial charge on any atom is -0.468 e. The first-order valence-electron chi connectivity index (χ1n) is 7.00. The van der Waals surface area contributed by atoms with E-state index in [2.05, 4.69) is 37.9 Å². The van der Waals surface area contributed by atoms with Crippen LogP contribution in [0.25, 0.3) is 0 Å². The molecule has 0 aromatic heterocycles. The van der Waals surface area contributed by atoms with Crippen LogP contribution in [0.5, 0.6) is 0 Å². The highest BCUT2D eigenvalue weighted by molar-refractivity contribution is 5.76. The maximum absolute atomic E-state index is 11.8. The summed E-state index contributed by atoms with van der Waals surface area (Å²) in [6.07, 6.45) is 1.22. The van der Waals surface area contributed by atoms with Gasteiger partial charge in [0.25, 0.3) is 0 Å². The van der Waals surface area contributed by atoms with Gasteiger partial charge in [-0.3, -0.25) is 4.79 Å². The molecule has 0 saturated carbocycles. The van der Waals surface area contributed by atoms with Crippen LogP contribution in [0.15, 0.2) is 0 Å². The van der Waals surface area contributed by atoms with Crippen LogP contribution in [0.3, 0.4) is 0 Å². The maximum Gasteiger partial charge on any atom is 0.324 e. The Morgan fingerprint density at radius 1 is 1.39 bits per heavy atom. The number of carbonyl (C=O) groups is 1. The quantitative estimate of drug-likeness (QED) is 0.757. The molecule has 0 radical (unpaired) electrons.